The number of hydrogen-bond acceptors (Lipinski definition) is 5. The highest BCUT2D eigenvalue weighted by Gasteiger charge is 2.50. The molecule has 0 saturated carbocycles. The molecule has 1 heterocycles. The van der Waals surface area contributed by atoms with Gasteiger partial charge in [0.15, 0.2) is 0 Å². The summed E-state index contributed by atoms with van der Waals surface area (Å²) in [7, 11) is -1.28. The molecule has 1 amide bonds. The van der Waals surface area contributed by atoms with Crippen LogP contribution >= 0.6 is 0 Å². The number of esters is 1. The minimum absolute atomic E-state index is 0.102. The Balaban J connectivity index is 1.89. The van der Waals surface area contributed by atoms with Gasteiger partial charge in [-0.2, -0.15) is 0 Å². The van der Waals surface area contributed by atoms with Gasteiger partial charge in [0.1, 0.15) is 12.3 Å². The summed E-state index contributed by atoms with van der Waals surface area (Å²) in [6.07, 6.45) is 1.48. The lowest BCUT2D eigenvalue weighted by molar-refractivity contribution is -0.137. The maximum absolute atomic E-state index is 12.6. The molecular weight excluding hydrogens is 458 g/mol. The van der Waals surface area contributed by atoms with Gasteiger partial charge in [-0.25, -0.2) is 9.59 Å². The van der Waals surface area contributed by atoms with Crippen LogP contribution in [-0.4, -0.2) is 52.1 Å². The SMILES string of the molecule is CC/C(CCCO[Si](c1ccccc1)(c1ccccc1)C(C)(C)C)=C(/C(=O)OC)N1CCOC1=O. The lowest BCUT2D eigenvalue weighted by atomic mass is 10.0. The fourth-order valence-electron chi connectivity index (χ4n) is 4.87. The number of ether oxygens (including phenoxy) is 2. The first-order valence-electron chi connectivity index (χ1n) is 12.3. The van der Waals surface area contributed by atoms with Crippen LogP contribution in [0.1, 0.15) is 47.0 Å². The smallest absolute Gasteiger partial charge is 0.414 e. The molecule has 0 atom stereocenters. The summed E-state index contributed by atoms with van der Waals surface area (Å²) in [4.78, 5) is 26.2. The molecule has 1 saturated heterocycles. The van der Waals surface area contributed by atoms with E-state index in [9.17, 15) is 9.59 Å². The average Bonchev–Trinajstić information content (AvgIpc) is 3.28. The van der Waals surface area contributed by atoms with E-state index >= 15 is 0 Å². The highest BCUT2D eigenvalue weighted by atomic mass is 28.4. The van der Waals surface area contributed by atoms with Gasteiger partial charge in [0, 0.05) is 6.61 Å². The van der Waals surface area contributed by atoms with Gasteiger partial charge in [0.2, 0.25) is 0 Å². The molecule has 6 nitrogen and oxygen atoms in total. The summed E-state index contributed by atoms with van der Waals surface area (Å²) < 4.78 is 17.0. The maximum Gasteiger partial charge on any atom is 0.414 e. The quantitative estimate of drug-likeness (QED) is 0.208. The Morgan fingerprint density at radius 3 is 2.03 bits per heavy atom. The number of rotatable bonds is 10. The number of hydrogen-bond donors (Lipinski definition) is 0. The van der Waals surface area contributed by atoms with Crippen molar-refractivity contribution in [3.8, 4) is 0 Å². The molecule has 188 valence electrons. The van der Waals surface area contributed by atoms with Crippen molar-refractivity contribution >= 4 is 30.8 Å². The summed E-state index contributed by atoms with van der Waals surface area (Å²) in [5.74, 6) is -0.506. The molecule has 0 N–H and O–H groups in total. The zero-order chi connectivity index (χ0) is 25.5. The molecule has 7 heteroatoms. The second kappa shape index (κ2) is 11.7. The van der Waals surface area contributed by atoms with E-state index in [-0.39, 0.29) is 11.6 Å². The van der Waals surface area contributed by atoms with Gasteiger partial charge >= 0.3 is 12.1 Å². The second-order valence-electron chi connectivity index (χ2n) is 9.68. The normalized spacial score (nSPS) is 15.0. The van der Waals surface area contributed by atoms with Crippen LogP contribution < -0.4 is 10.4 Å². The number of carbonyl (C=O) groups is 2. The third kappa shape index (κ3) is 5.68. The van der Waals surface area contributed by atoms with E-state index in [1.165, 1.54) is 22.4 Å². The lowest BCUT2D eigenvalue weighted by Gasteiger charge is -2.43. The van der Waals surface area contributed by atoms with E-state index in [4.69, 9.17) is 13.9 Å². The highest BCUT2D eigenvalue weighted by Crippen LogP contribution is 2.37. The van der Waals surface area contributed by atoms with Crippen molar-refractivity contribution in [3.63, 3.8) is 0 Å². The minimum Gasteiger partial charge on any atom is -0.464 e. The summed E-state index contributed by atoms with van der Waals surface area (Å²) in [5.41, 5.74) is 1.18. The lowest BCUT2D eigenvalue weighted by Crippen LogP contribution is -2.66. The molecular formula is C28H37NO5Si. The third-order valence-electron chi connectivity index (χ3n) is 6.53. The van der Waals surface area contributed by atoms with Crippen LogP contribution in [0.2, 0.25) is 5.04 Å². The third-order valence-corrected chi connectivity index (χ3v) is 11.6. The van der Waals surface area contributed by atoms with Crippen LogP contribution in [0.15, 0.2) is 71.9 Å². The monoisotopic (exact) mass is 495 g/mol. The molecule has 0 radical (unpaired) electrons. The van der Waals surface area contributed by atoms with Crippen LogP contribution in [0.3, 0.4) is 0 Å². The molecule has 2 aromatic rings. The van der Waals surface area contributed by atoms with Gasteiger partial charge in [-0.05, 0) is 40.2 Å². The van der Waals surface area contributed by atoms with Crippen LogP contribution in [0.5, 0.6) is 0 Å². The van der Waals surface area contributed by atoms with Crippen molar-refractivity contribution in [1.29, 1.82) is 0 Å². The number of allylic oxidation sites excluding steroid dienone is 1. The number of carbonyl (C=O) groups excluding carboxylic acids is 2. The average molecular weight is 496 g/mol. The number of methoxy groups -OCH3 is 1. The van der Waals surface area contributed by atoms with Crippen molar-refractivity contribution in [2.45, 2.75) is 52.0 Å². The van der Waals surface area contributed by atoms with Gasteiger partial charge < -0.3 is 13.9 Å². The Morgan fingerprint density at radius 1 is 1.03 bits per heavy atom. The Bertz CT molecular complexity index is 991. The number of nitrogens with zero attached hydrogens (tertiary/aromatic N) is 1. The van der Waals surface area contributed by atoms with Crippen molar-refractivity contribution in [2.75, 3.05) is 26.9 Å². The molecule has 0 spiro atoms. The molecule has 0 aliphatic carbocycles. The number of amides is 1. The summed E-state index contributed by atoms with van der Waals surface area (Å²) in [6, 6.07) is 21.1. The highest BCUT2D eigenvalue weighted by molar-refractivity contribution is 6.99. The predicted molar refractivity (Wildman–Crippen MR) is 140 cm³/mol. The van der Waals surface area contributed by atoms with Gasteiger partial charge in [0.25, 0.3) is 8.32 Å². The van der Waals surface area contributed by atoms with E-state index < -0.39 is 20.4 Å². The Hall–Kier alpha value is -2.90. The topological polar surface area (TPSA) is 65.1 Å². The summed E-state index contributed by atoms with van der Waals surface area (Å²) >= 11 is 0. The minimum atomic E-state index is -2.62. The van der Waals surface area contributed by atoms with Crippen molar-refractivity contribution in [2.24, 2.45) is 0 Å². The number of cyclic esters (lactones) is 1. The largest absolute Gasteiger partial charge is 0.464 e. The van der Waals surface area contributed by atoms with Crippen molar-refractivity contribution < 1.29 is 23.5 Å². The molecule has 0 aromatic heterocycles. The molecule has 2 aromatic carbocycles. The Kier molecular flexibility index (Phi) is 8.91. The van der Waals surface area contributed by atoms with Crippen LogP contribution in [0, 0.1) is 0 Å². The van der Waals surface area contributed by atoms with E-state index in [1.54, 1.807) is 0 Å². The molecule has 1 aliphatic rings. The van der Waals surface area contributed by atoms with Gasteiger partial charge in [-0.15, -0.1) is 0 Å². The summed E-state index contributed by atoms with van der Waals surface area (Å²) in [6.45, 7) is 9.91. The zero-order valence-electron chi connectivity index (χ0n) is 21.5. The summed E-state index contributed by atoms with van der Waals surface area (Å²) in [5, 5.41) is 2.37. The van der Waals surface area contributed by atoms with Gasteiger partial charge in [-0.1, -0.05) is 88.4 Å². The van der Waals surface area contributed by atoms with Crippen LogP contribution in [-0.2, 0) is 18.7 Å². The molecule has 35 heavy (non-hydrogen) atoms. The van der Waals surface area contributed by atoms with E-state index in [0.29, 0.717) is 31.7 Å². The van der Waals surface area contributed by atoms with Gasteiger partial charge in [0.05, 0.1) is 13.7 Å². The van der Waals surface area contributed by atoms with Crippen molar-refractivity contribution in [1.82, 2.24) is 4.90 Å². The second-order valence-corrected chi connectivity index (χ2v) is 14.0. The zero-order valence-corrected chi connectivity index (χ0v) is 22.5. The van der Waals surface area contributed by atoms with Crippen LogP contribution in [0.4, 0.5) is 4.79 Å². The molecule has 1 fully saturated rings. The van der Waals surface area contributed by atoms with E-state index in [2.05, 4.69) is 69.3 Å². The fraction of sp³-hybridized carbons (Fsp3) is 0.429. The van der Waals surface area contributed by atoms with Crippen LogP contribution in [0.25, 0.3) is 0 Å². The fourth-order valence-corrected chi connectivity index (χ4v) is 9.48. The Labute approximate surface area is 210 Å². The van der Waals surface area contributed by atoms with Gasteiger partial charge in [-0.3, -0.25) is 4.90 Å². The molecule has 3 rings (SSSR count). The Morgan fingerprint density at radius 2 is 1.60 bits per heavy atom. The first-order valence-corrected chi connectivity index (χ1v) is 14.2. The maximum atomic E-state index is 12.6. The van der Waals surface area contributed by atoms with E-state index in [0.717, 1.165) is 12.0 Å². The van der Waals surface area contributed by atoms with Crippen molar-refractivity contribution in [3.05, 3.63) is 71.9 Å². The number of benzene rings is 2. The molecule has 1 aliphatic heterocycles. The molecule has 0 unspecified atom stereocenters. The first-order chi connectivity index (χ1) is 16.8. The van der Waals surface area contributed by atoms with E-state index in [1.807, 2.05) is 19.1 Å². The first kappa shape index (κ1) is 26.7. The molecule has 0 bridgehead atoms. The predicted octanol–water partition coefficient (Wildman–Crippen LogP) is 4.63. The standard InChI is InChI=1S/C28H37NO5Si/c1-6-22(25(26(30)32-5)29-19-21-33-27(29)31)14-13-20-34-35(28(2,3)4,23-15-9-7-10-16-23)24-17-11-8-12-18-24/h7-12,15-18H,6,13-14,19-21H2,1-5H3/b25-22+.